The minimum Gasteiger partial charge on any atom is -0.464 e. The van der Waals surface area contributed by atoms with E-state index in [1.54, 1.807) is 19.3 Å². The van der Waals surface area contributed by atoms with Crippen molar-refractivity contribution in [2.75, 3.05) is 5.32 Å². The van der Waals surface area contributed by atoms with Crippen LogP contribution in [0.2, 0.25) is 0 Å². The minimum atomic E-state index is -0.947. The van der Waals surface area contributed by atoms with Gasteiger partial charge in [-0.1, -0.05) is 5.16 Å². The Bertz CT molecular complexity index is 1020. The summed E-state index contributed by atoms with van der Waals surface area (Å²) < 4.78 is 15.7. The lowest BCUT2D eigenvalue weighted by Crippen LogP contribution is -2.30. The number of carbonyl (C=O) groups is 2. The molecule has 1 aliphatic carbocycles. The Kier molecular flexibility index (Phi) is 4.43. The molecule has 0 saturated heterocycles. The standard InChI is InChI=1S/C20H20N2O5/c1-11-6-18(22-27-11)21-20(24)12(2)26-19(23)9-15-10-25-17-8-14-5-3-4-13(14)7-16(15)17/h6-8,10,12H,3-5,9H2,1-2H3,(H,21,22,24). The van der Waals surface area contributed by atoms with E-state index in [4.69, 9.17) is 13.7 Å². The van der Waals surface area contributed by atoms with Crippen LogP contribution in [0.5, 0.6) is 0 Å². The van der Waals surface area contributed by atoms with Gasteiger partial charge in [-0.3, -0.25) is 9.59 Å². The van der Waals surface area contributed by atoms with Crippen LogP contribution in [0.1, 0.15) is 35.8 Å². The summed E-state index contributed by atoms with van der Waals surface area (Å²) in [6, 6.07) is 5.75. The van der Waals surface area contributed by atoms with Crippen LogP contribution in [0.15, 0.2) is 33.4 Å². The minimum absolute atomic E-state index is 0.0481. The average molecular weight is 368 g/mol. The molecular formula is C20H20N2O5. The van der Waals surface area contributed by atoms with Gasteiger partial charge in [0.1, 0.15) is 11.3 Å². The second-order valence-electron chi connectivity index (χ2n) is 6.85. The third-order valence-corrected chi connectivity index (χ3v) is 4.76. The lowest BCUT2D eigenvalue weighted by atomic mass is 10.0. The van der Waals surface area contributed by atoms with Crippen LogP contribution in [0, 0.1) is 6.92 Å². The molecule has 0 saturated carbocycles. The predicted molar refractivity (Wildman–Crippen MR) is 97.4 cm³/mol. The zero-order chi connectivity index (χ0) is 19.0. The molecule has 7 heteroatoms. The highest BCUT2D eigenvalue weighted by Gasteiger charge is 2.21. The molecule has 1 amide bonds. The molecule has 1 N–H and O–H groups in total. The van der Waals surface area contributed by atoms with Gasteiger partial charge in [0.25, 0.3) is 5.91 Å². The van der Waals surface area contributed by atoms with Crippen molar-refractivity contribution < 1.29 is 23.3 Å². The van der Waals surface area contributed by atoms with E-state index in [9.17, 15) is 9.59 Å². The molecule has 1 aromatic carbocycles. The van der Waals surface area contributed by atoms with E-state index in [0.717, 1.165) is 35.8 Å². The van der Waals surface area contributed by atoms with Crippen LogP contribution in [0.3, 0.4) is 0 Å². The molecule has 7 nitrogen and oxygen atoms in total. The summed E-state index contributed by atoms with van der Waals surface area (Å²) in [6.07, 6.45) is 3.96. The van der Waals surface area contributed by atoms with Gasteiger partial charge >= 0.3 is 5.97 Å². The van der Waals surface area contributed by atoms with Gasteiger partial charge in [-0.2, -0.15) is 0 Å². The molecule has 1 unspecified atom stereocenters. The fourth-order valence-corrected chi connectivity index (χ4v) is 3.39. The molecule has 0 radical (unpaired) electrons. The van der Waals surface area contributed by atoms with E-state index in [1.807, 2.05) is 0 Å². The second kappa shape index (κ2) is 6.90. The normalized spacial score (nSPS) is 14.1. The molecule has 2 heterocycles. The number of fused-ring (bicyclic) bond motifs is 2. The molecule has 2 aromatic heterocycles. The van der Waals surface area contributed by atoms with Crippen molar-refractivity contribution in [1.29, 1.82) is 0 Å². The molecule has 0 bridgehead atoms. The van der Waals surface area contributed by atoms with Crippen LogP contribution >= 0.6 is 0 Å². The van der Waals surface area contributed by atoms with E-state index in [2.05, 4.69) is 22.6 Å². The lowest BCUT2D eigenvalue weighted by molar-refractivity contribution is -0.152. The van der Waals surface area contributed by atoms with Gasteiger partial charge in [0.2, 0.25) is 0 Å². The molecular weight excluding hydrogens is 348 g/mol. The van der Waals surface area contributed by atoms with Crippen molar-refractivity contribution in [1.82, 2.24) is 5.16 Å². The van der Waals surface area contributed by atoms with Gasteiger partial charge < -0.3 is 19.0 Å². The Morgan fingerprint density at radius 2 is 2.04 bits per heavy atom. The van der Waals surface area contributed by atoms with Crippen LogP contribution < -0.4 is 5.32 Å². The number of nitrogens with one attached hydrogen (secondary N) is 1. The highest BCUT2D eigenvalue weighted by molar-refractivity contribution is 5.94. The molecule has 0 spiro atoms. The van der Waals surface area contributed by atoms with Crippen LogP contribution in [0.25, 0.3) is 11.0 Å². The zero-order valence-electron chi connectivity index (χ0n) is 15.2. The fourth-order valence-electron chi connectivity index (χ4n) is 3.39. The number of carbonyl (C=O) groups excluding carboxylic acids is 2. The Morgan fingerprint density at radius 3 is 2.78 bits per heavy atom. The summed E-state index contributed by atoms with van der Waals surface area (Å²) in [4.78, 5) is 24.4. The van der Waals surface area contributed by atoms with Crippen LogP contribution in [0.4, 0.5) is 5.82 Å². The first-order valence-electron chi connectivity index (χ1n) is 8.95. The van der Waals surface area contributed by atoms with E-state index >= 15 is 0 Å². The van der Waals surface area contributed by atoms with Gasteiger partial charge in [0.05, 0.1) is 12.7 Å². The van der Waals surface area contributed by atoms with E-state index < -0.39 is 18.0 Å². The first-order chi connectivity index (χ1) is 13.0. The first-order valence-corrected chi connectivity index (χ1v) is 8.95. The van der Waals surface area contributed by atoms with E-state index in [1.165, 1.54) is 18.1 Å². The maximum absolute atomic E-state index is 12.3. The maximum Gasteiger partial charge on any atom is 0.311 e. The Morgan fingerprint density at radius 1 is 1.26 bits per heavy atom. The van der Waals surface area contributed by atoms with Crippen molar-refractivity contribution in [3.63, 3.8) is 0 Å². The third kappa shape index (κ3) is 3.58. The number of amides is 1. The Balaban J connectivity index is 1.40. The highest BCUT2D eigenvalue weighted by Crippen LogP contribution is 2.30. The number of furan rings is 1. The van der Waals surface area contributed by atoms with E-state index in [0.29, 0.717) is 5.76 Å². The largest absolute Gasteiger partial charge is 0.464 e. The number of aromatic nitrogens is 1. The zero-order valence-corrected chi connectivity index (χ0v) is 15.2. The van der Waals surface area contributed by atoms with Gasteiger partial charge in [0, 0.05) is 17.0 Å². The number of aryl methyl sites for hydroxylation is 3. The van der Waals surface area contributed by atoms with E-state index in [-0.39, 0.29) is 12.2 Å². The number of benzene rings is 1. The second-order valence-corrected chi connectivity index (χ2v) is 6.85. The van der Waals surface area contributed by atoms with Crippen molar-refractivity contribution in [2.45, 2.75) is 45.6 Å². The molecule has 4 rings (SSSR count). The number of hydrogen-bond acceptors (Lipinski definition) is 6. The number of hydrogen-bond donors (Lipinski definition) is 1. The molecule has 1 aliphatic rings. The maximum atomic E-state index is 12.3. The number of esters is 1. The number of anilines is 1. The Labute approximate surface area is 155 Å². The molecule has 27 heavy (non-hydrogen) atoms. The molecule has 140 valence electrons. The smallest absolute Gasteiger partial charge is 0.311 e. The summed E-state index contributed by atoms with van der Waals surface area (Å²) in [7, 11) is 0. The van der Waals surface area contributed by atoms with Gasteiger partial charge in [0.15, 0.2) is 11.9 Å². The topological polar surface area (TPSA) is 94.6 Å². The van der Waals surface area contributed by atoms with Crippen molar-refractivity contribution in [3.05, 3.63) is 46.9 Å². The summed E-state index contributed by atoms with van der Waals surface area (Å²) in [5, 5.41) is 7.16. The summed E-state index contributed by atoms with van der Waals surface area (Å²) in [5.41, 5.74) is 4.18. The molecule has 3 aromatic rings. The third-order valence-electron chi connectivity index (χ3n) is 4.76. The van der Waals surface area contributed by atoms with Gasteiger partial charge in [-0.15, -0.1) is 0 Å². The van der Waals surface area contributed by atoms with Crippen molar-refractivity contribution in [3.8, 4) is 0 Å². The number of ether oxygens (including phenoxy) is 1. The summed E-state index contributed by atoms with van der Waals surface area (Å²) >= 11 is 0. The molecule has 0 aliphatic heterocycles. The van der Waals surface area contributed by atoms with Crippen molar-refractivity contribution >= 4 is 28.7 Å². The average Bonchev–Trinajstić information content (AvgIpc) is 3.34. The van der Waals surface area contributed by atoms with Gasteiger partial charge in [-0.05, 0) is 56.4 Å². The summed E-state index contributed by atoms with van der Waals surface area (Å²) in [5.74, 6) is -0.0907. The van der Waals surface area contributed by atoms with Crippen LogP contribution in [-0.4, -0.2) is 23.1 Å². The monoisotopic (exact) mass is 368 g/mol. The lowest BCUT2D eigenvalue weighted by Gasteiger charge is -2.12. The molecule has 1 atom stereocenters. The fraction of sp³-hybridized carbons (Fsp3) is 0.350. The first kappa shape index (κ1) is 17.3. The summed E-state index contributed by atoms with van der Waals surface area (Å²) in [6.45, 7) is 3.23. The highest BCUT2D eigenvalue weighted by atomic mass is 16.5. The SMILES string of the molecule is Cc1cc(NC(=O)C(C)OC(=O)Cc2coc3cc4c(cc23)CCC4)no1. The predicted octanol–water partition coefficient (Wildman–Crippen LogP) is 3.33. The van der Waals surface area contributed by atoms with Gasteiger partial charge in [-0.25, -0.2) is 0 Å². The Hall–Kier alpha value is -3.09. The number of nitrogens with zero attached hydrogens (tertiary/aromatic N) is 1. The van der Waals surface area contributed by atoms with Crippen LogP contribution in [-0.2, 0) is 33.6 Å². The number of rotatable bonds is 5. The van der Waals surface area contributed by atoms with Crippen molar-refractivity contribution in [2.24, 2.45) is 0 Å². The molecule has 0 fully saturated rings. The quantitative estimate of drug-likeness (QED) is 0.694.